The van der Waals surface area contributed by atoms with E-state index in [0.717, 1.165) is 45.0 Å². The smallest absolute Gasteiger partial charge is 0.225 e. The number of nitrogens with zero attached hydrogens (tertiary/aromatic N) is 4. The molecule has 0 radical (unpaired) electrons. The monoisotopic (exact) mass is 324 g/mol. The molecule has 5 heteroatoms. The summed E-state index contributed by atoms with van der Waals surface area (Å²) in [7, 11) is 0. The van der Waals surface area contributed by atoms with Crippen LogP contribution in [0.4, 0.5) is 5.95 Å². The van der Waals surface area contributed by atoms with Crippen LogP contribution in [0.1, 0.15) is 24.5 Å². The number of aryl methyl sites for hydroxylation is 2. The lowest BCUT2D eigenvalue weighted by atomic mass is 10.1. The number of piperazine rings is 1. The molecule has 0 spiro atoms. The minimum Gasteiger partial charge on any atom is -0.339 e. The Kier molecular flexibility index (Phi) is 5.41. The second kappa shape index (κ2) is 7.90. The molecule has 1 aromatic carbocycles. The van der Waals surface area contributed by atoms with Crippen LogP contribution in [0.15, 0.2) is 42.7 Å². The number of benzene rings is 1. The highest BCUT2D eigenvalue weighted by atomic mass is 16.2. The first-order chi connectivity index (χ1) is 11.8. The number of rotatable bonds is 5. The van der Waals surface area contributed by atoms with Gasteiger partial charge in [-0.25, -0.2) is 9.97 Å². The Morgan fingerprint density at radius 1 is 1.00 bits per heavy atom. The maximum atomic E-state index is 12.4. The van der Waals surface area contributed by atoms with Gasteiger partial charge < -0.3 is 9.80 Å². The predicted molar refractivity (Wildman–Crippen MR) is 95.0 cm³/mol. The van der Waals surface area contributed by atoms with Crippen molar-refractivity contribution in [2.24, 2.45) is 0 Å². The maximum absolute atomic E-state index is 12.4. The number of hydrogen-bond acceptors (Lipinski definition) is 4. The molecule has 0 N–H and O–H groups in total. The van der Waals surface area contributed by atoms with Crippen molar-refractivity contribution < 1.29 is 4.79 Å². The normalized spacial score (nSPS) is 14.7. The Balaban J connectivity index is 1.46. The molecular formula is C19H24N4O. The van der Waals surface area contributed by atoms with Crippen LogP contribution < -0.4 is 4.90 Å². The SMILES string of the molecule is CCc1ccc(CCC(=O)N2CCN(c3ncccn3)CC2)cc1. The van der Waals surface area contributed by atoms with Crippen molar-refractivity contribution in [3.8, 4) is 0 Å². The van der Waals surface area contributed by atoms with Gasteiger partial charge in [-0.1, -0.05) is 31.2 Å². The van der Waals surface area contributed by atoms with Gasteiger partial charge in [0.15, 0.2) is 0 Å². The van der Waals surface area contributed by atoms with E-state index in [2.05, 4.69) is 46.1 Å². The van der Waals surface area contributed by atoms with Gasteiger partial charge in [-0.3, -0.25) is 4.79 Å². The summed E-state index contributed by atoms with van der Waals surface area (Å²) in [5.74, 6) is 0.990. The summed E-state index contributed by atoms with van der Waals surface area (Å²) in [6.45, 7) is 5.22. The van der Waals surface area contributed by atoms with Crippen LogP contribution >= 0.6 is 0 Å². The van der Waals surface area contributed by atoms with Crippen molar-refractivity contribution in [1.29, 1.82) is 0 Å². The largest absolute Gasteiger partial charge is 0.339 e. The van der Waals surface area contributed by atoms with E-state index in [1.807, 2.05) is 11.0 Å². The van der Waals surface area contributed by atoms with Crippen molar-refractivity contribution in [2.75, 3.05) is 31.1 Å². The van der Waals surface area contributed by atoms with Crippen molar-refractivity contribution in [3.05, 3.63) is 53.9 Å². The lowest BCUT2D eigenvalue weighted by Gasteiger charge is -2.34. The molecule has 1 fully saturated rings. The molecule has 0 atom stereocenters. The highest BCUT2D eigenvalue weighted by molar-refractivity contribution is 5.76. The zero-order valence-corrected chi connectivity index (χ0v) is 14.2. The Hall–Kier alpha value is -2.43. The van der Waals surface area contributed by atoms with Crippen molar-refractivity contribution in [2.45, 2.75) is 26.2 Å². The van der Waals surface area contributed by atoms with Crippen molar-refractivity contribution in [3.63, 3.8) is 0 Å². The van der Waals surface area contributed by atoms with Gasteiger partial charge in [-0.05, 0) is 30.0 Å². The third-order valence-electron chi connectivity index (χ3n) is 4.53. The third kappa shape index (κ3) is 4.10. The van der Waals surface area contributed by atoms with E-state index in [9.17, 15) is 4.79 Å². The average molecular weight is 324 g/mol. The van der Waals surface area contributed by atoms with E-state index in [-0.39, 0.29) is 5.91 Å². The number of carbonyl (C=O) groups excluding carboxylic acids is 1. The summed E-state index contributed by atoms with van der Waals surface area (Å²) in [5.41, 5.74) is 2.57. The van der Waals surface area contributed by atoms with Crippen LogP contribution in [-0.2, 0) is 17.6 Å². The number of amides is 1. The zero-order chi connectivity index (χ0) is 16.8. The Bertz CT molecular complexity index is 649. The molecule has 24 heavy (non-hydrogen) atoms. The van der Waals surface area contributed by atoms with Crippen LogP contribution in [0.25, 0.3) is 0 Å². The topological polar surface area (TPSA) is 49.3 Å². The molecule has 1 saturated heterocycles. The van der Waals surface area contributed by atoms with Crippen LogP contribution in [0.3, 0.4) is 0 Å². The van der Waals surface area contributed by atoms with E-state index in [4.69, 9.17) is 0 Å². The van der Waals surface area contributed by atoms with Gasteiger partial charge >= 0.3 is 0 Å². The minimum absolute atomic E-state index is 0.239. The van der Waals surface area contributed by atoms with Crippen LogP contribution in [0.5, 0.6) is 0 Å². The van der Waals surface area contributed by atoms with Crippen molar-refractivity contribution >= 4 is 11.9 Å². The molecule has 0 aliphatic carbocycles. The molecule has 1 amide bonds. The van der Waals surface area contributed by atoms with E-state index in [1.165, 1.54) is 11.1 Å². The first-order valence-electron chi connectivity index (χ1n) is 8.64. The summed E-state index contributed by atoms with van der Waals surface area (Å²) >= 11 is 0. The van der Waals surface area contributed by atoms with Gasteiger partial charge in [-0.2, -0.15) is 0 Å². The Morgan fingerprint density at radius 2 is 1.62 bits per heavy atom. The molecule has 126 valence electrons. The van der Waals surface area contributed by atoms with E-state index in [1.54, 1.807) is 12.4 Å². The molecule has 2 heterocycles. The number of carbonyl (C=O) groups is 1. The number of aromatic nitrogens is 2. The van der Waals surface area contributed by atoms with Gasteiger partial charge in [-0.15, -0.1) is 0 Å². The lowest BCUT2D eigenvalue weighted by Crippen LogP contribution is -2.49. The molecule has 1 aliphatic heterocycles. The van der Waals surface area contributed by atoms with E-state index >= 15 is 0 Å². The highest BCUT2D eigenvalue weighted by Gasteiger charge is 2.22. The molecule has 2 aromatic rings. The summed E-state index contributed by atoms with van der Waals surface area (Å²) in [5, 5.41) is 0. The fourth-order valence-corrected chi connectivity index (χ4v) is 2.96. The van der Waals surface area contributed by atoms with Crippen LogP contribution in [0.2, 0.25) is 0 Å². The van der Waals surface area contributed by atoms with Gasteiger partial charge in [0.2, 0.25) is 11.9 Å². The summed E-state index contributed by atoms with van der Waals surface area (Å²) in [4.78, 5) is 25.1. The molecule has 1 aromatic heterocycles. The fraction of sp³-hybridized carbons (Fsp3) is 0.421. The Labute approximate surface area is 143 Å². The van der Waals surface area contributed by atoms with E-state index in [0.29, 0.717) is 6.42 Å². The number of hydrogen-bond donors (Lipinski definition) is 0. The maximum Gasteiger partial charge on any atom is 0.225 e. The molecule has 1 aliphatic rings. The highest BCUT2D eigenvalue weighted by Crippen LogP contribution is 2.12. The predicted octanol–water partition coefficient (Wildman–Crippen LogP) is 2.32. The lowest BCUT2D eigenvalue weighted by molar-refractivity contribution is -0.131. The third-order valence-corrected chi connectivity index (χ3v) is 4.53. The van der Waals surface area contributed by atoms with E-state index < -0.39 is 0 Å². The van der Waals surface area contributed by atoms with Gasteiger partial charge in [0.05, 0.1) is 0 Å². The quantitative estimate of drug-likeness (QED) is 0.847. The van der Waals surface area contributed by atoms with Crippen molar-refractivity contribution in [1.82, 2.24) is 14.9 Å². The van der Waals surface area contributed by atoms with Crippen LogP contribution in [-0.4, -0.2) is 47.0 Å². The first-order valence-corrected chi connectivity index (χ1v) is 8.64. The molecule has 0 unspecified atom stereocenters. The Morgan fingerprint density at radius 3 is 2.25 bits per heavy atom. The summed E-state index contributed by atoms with van der Waals surface area (Å²) < 4.78 is 0. The molecule has 0 saturated carbocycles. The fourth-order valence-electron chi connectivity index (χ4n) is 2.96. The second-order valence-corrected chi connectivity index (χ2v) is 6.09. The van der Waals surface area contributed by atoms with Gasteiger partial charge in [0.25, 0.3) is 0 Å². The summed E-state index contributed by atoms with van der Waals surface area (Å²) in [6.07, 6.45) is 5.94. The molecule has 0 bridgehead atoms. The molecule has 5 nitrogen and oxygen atoms in total. The first kappa shape index (κ1) is 16.4. The van der Waals surface area contributed by atoms with Crippen LogP contribution in [0, 0.1) is 0 Å². The number of anilines is 1. The standard InChI is InChI=1S/C19H24N4O/c1-2-16-4-6-17(7-5-16)8-9-18(24)22-12-14-23(15-13-22)19-20-10-3-11-21-19/h3-7,10-11H,2,8-9,12-15H2,1H3. The zero-order valence-electron chi connectivity index (χ0n) is 14.2. The second-order valence-electron chi connectivity index (χ2n) is 6.09. The van der Waals surface area contributed by atoms with Gasteiger partial charge in [0.1, 0.15) is 0 Å². The molecular weight excluding hydrogens is 300 g/mol. The van der Waals surface area contributed by atoms with Gasteiger partial charge in [0, 0.05) is 45.0 Å². The minimum atomic E-state index is 0.239. The molecule has 3 rings (SSSR count). The summed E-state index contributed by atoms with van der Waals surface area (Å²) in [6, 6.07) is 10.4. The average Bonchev–Trinajstić information content (AvgIpc) is 2.67.